The van der Waals surface area contributed by atoms with E-state index in [1.807, 2.05) is 19.2 Å². The number of rotatable bonds is 5. The van der Waals surface area contributed by atoms with E-state index in [9.17, 15) is 0 Å². The second-order valence-electron chi connectivity index (χ2n) is 5.17. The second-order valence-corrected chi connectivity index (χ2v) is 9.06. The van der Waals surface area contributed by atoms with Gasteiger partial charge in [0.15, 0.2) is 0 Å². The van der Waals surface area contributed by atoms with Gasteiger partial charge in [-0.3, -0.25) is 0 Å². The first-order valence-corrected chi connectivity index (χ1v) is 9.38. The zero-order chi connectivity index (χ0) is 14.6. The molecule has 0 atom stereocenters. The van der Waals surface area contributed by atoms with Crippen LogP contribution in [0.1, 0.15) is 19.3 Å². The summed E-state index contributed by atoms with van der Waals surface area (Å²) in [5.74, 6) is 2.41. The fraction of sp³-hybridized carbons (Fsp3) is 0.600. The molecule has 1 heterocycles. The van der Waals surface area contributed by atoms with Gasteiger partial charge in [0.1, 0.15) is 17.2 Å². The van der Waals surface area contributed by atoms with Gasteiger partial charge in [0.05, 0.1) is 26.5 Å². The van der Waals surface area contributed by atoms with E-state index >= 15 is 0 Å². The van der Waals surface area contributed by atoms with E-state index in [0.717, 1.165) is 34.5 Å². The lowest BCUT2D eigenvalue weighted by molar-refractivity contribution is 0.365. The third kappa shape index (κ3) is 2.65. The minimum atomic E-state index is -2.01. The van der Waals surface area contributed by atoms with Gasteiger partial charge >= 0.3 is 0 Å². The molecule has 0 saturated carbocycles. The van der Waals surface area contributed by atoms with Crippen molar-refractivity contribution in [3.05, 3.63) is 12.1 Å². The first kappa shape index (κ1) is 15.2. The molecule has 2 rings (SSSR count). The average Bonchev–Trinajstić information content (AvgIpc) is 2.53. The Morgan fingerprint density at radius 1 is 0.800 bits per heavy atom. The number of ether oxygens (including phenoxy) is 3. The minimum Gasteiger partial charge on any atom is -0.497 e. The largest absolute Gasteiger partial charge is 0.497 e. The molecule has 1 saturated heterocycles. The lowest BCUT2D eigenvalue weighted by Gasteiger charge is -2.35. The molecule has 0 unspecified atom stereocenters. The van der Waals surface area contributed by atoms with Crippen LogP contribution in [0, 0.1) is 0 Å². The zero-order valence-corrected chi connectivity index (χ0v) is 13.8. The van der Waals surface area contributed by atoms with Gasteiger partial charge in [-0.25, -0.2) is 0 Å². The highest BCUT2D eigenvalue weighted by molar-refractivity contribution is 6.88. The van der Waals surface area contributed by atoms with Crippen LogP contribution in [0.5, 0.6) is 17.2 Å². The van der Waals surface area contributed by atoms with Gasteiger partial charge < -0.3 is 18.6 Å². The molecule has 0 spiro atoms. The van der Waals surface area contributed by atoms with Crippen molar-refractivity contribution in [1.29, 1.82) is 0 Å². The number of benzene rings is 1. The van der Waals surface area contributed by atoms with E-state index in [2.05, 4.69) is 0 Å². The molecule has 1 aliphatic rings. The molecule has 0 aromatic heterocycles. The fourth-order valence-electron chi connectivity index (χ4n) is 3.13. The molecule has 112 valence electrons. The monoisotopic (exact) mass is 296 g/mol. The van der Waals surface area contributed by atoms with Crippen LogP contribution in [0.25, 0.3) is 0 Å². The van der Waals surface area contributed by atoms with Gasteiger partial charge in [0.2, 0.25) is 8.32 Å². The van der Waals surface area contributed by atoms with Crippen LogP contribution in [0.15, 0.2) is 12.1 Å². The Morgan fingerprint density at radius 2 is 1.35 bits per heavy atom. The van der Waals surface area contributed by atoms with Crippen molar-refractivity contribution in [2.24, 2.45) is 0 Å². The zero-order valence-electron chi connectivity index (χ0n) is 12.8. The lowest BCUT2D eigenvalue weighted by Crippen LogP contribution is -2.52. The third-order valence-corrected chi connectivity index (χ3v) is 8.73. The SMILES string of the molecule is COc1cc(OC)c([Si]2(OC)CCCCC2)c(OC)c1. The van der Waals surface area contributed by atoms with Crippen molar-refractivity contribution >= 4 is 13.5 Å². The summed E-state index contributed by atoms with van der Waals surface area (Å²) in [7, 11) is 4.87. The van der Waals surface area contributed by atoms with E-state index in [1.54, 1.807) is 21.3 Å². The van der Waals surface area contributed by atoms with Gasteiger partial charge in [-0.15, -0.1) is 0 Å². The van der Waals surface area contributed by atoms with E-state index in [4.69, 9.17) is 18.6 Å². The van der Waals surface area contributed by atoms with Crippen LogP contribution < -0.4 is 19.4 Å². The molecule has 0 amide bonds. The van der Waals surface area contributed by atoms with Crippen molar-refractivity contribution < 1.29 is 18.6 Å². The Labute approximate surface area is 122 Å². The van der Waals surface area contributed by atoms with Crippen LogP contribution in [0.2, 0.25) is 12.1 Å². The quantitative estimate of drug-likeness (QED) is 0.783. The van der Waals surface area contributed by atoms with Crippen LogP contribution in [0.3, 0.4) is 0 Å². The first-order chi connectivity index (χ1) is 9.70. The molecule has 0 radical (unpaired) electrons. The van der Waals surface area contributed by atoms with Gasteiger partial charge in [-0.1, -0.05) is 19.3 Å². The summed E-state index contributed by atoms with van der Waals surface area (Å²) in [6.45, 7) is 0. The lowest BCUT2D eigenvalue weighted by atomic mass is 10.2. The molecule has 1 aliphatic heterocycles. The van der Waals surface area contributed by atoms with E-state index < -0.39 is 8.32 Å². The third-order valence-electron chi connectivity index (χ3n) is 4.22. The summed E-state index contributed by atoms with van der Waals surface area (Å²) in [6.07, 6.45) is 3.73. The molecular formula is C15H24O4Si. The fourth-order valence-corrected chi connectivity index (χ4v) is 7.38. The number of hydrogen-bond acceptors (Lipinski definition) is 4. The Kier molecular flexibility index (Phi) is 4.94. The standard InChI is InChI=1S/C15H24O4Si/c1-16-12-10-13(17-2)15(14(11-12)18-3)20(19-4)8-6-5-7-9-20/h10-11H,5-9H2,1-4H3. The summed E-state index contributed by atoms with van der Waals surface area (Å²) >= 11 is 0. The number of hydrogen-bond donors (Lipinski definition) is 0. The predicted molar refractivity (Wildman–Crippen MR) is 82.0 cm³/mol. The van der Waals surface area contributed by atoms with Crippen LogP contribution in [-0.2, 0) is 4.43 Å². The van der Waals surface area contributed by atoms with Crippen molar-refractivity contribution in [3.8, 4) is 17.2 Å². The highest BCUT2D eigenvalue weighted by atomic mass is 28.4. The summed E-state index contributed by atoms with van der Waals surface area (Å²) < 4.78 is 22.6. The van der Waals surface area contributed by atoms with Gasteiger partial charge in [-0.05, 0) is 12.1 Å². The highest BCUT2D eigenvalue weighted by Crippen LogP contribution is 2.36. The predicted octanol–water partition coefficient (Wildman–Crippen LogP) is 2.70. The van der Waals surface area contributed by atoms with Crippen molar-refractivity contribution in [2.75, 3.05) is 28.4 Å². The average molecular weight is 296 g/mol. The highest BCUT2D eigenvalue weighted by Gasteiger charge is 2.42. The maximum Gasteiger partial charge on any atom is 0.231 e. The van der Waals surface area contributed by atoms with Crippen molar-refractivity contribution in [2.45, 2.75) is 31.4 Å². The summed E-state index contributed by atoms with van der Waals surface area (Å²) in [5, 5.41) is 1.14. The topological polar surface area (TPSA) is 36.9 Å². The summed E-state index contributed by atoms with van der Waals surface area (Å²) in [5.41, 5.74) is 0. The molecule has 4 nitrogen and oxygen atoms in total. The first-order valence-electron chi connectivity index (χ1n) is 7.06. The molecule has 1 aromatic rings. The smallest absolute Gasteiger partial charge is 0.231 e. The van der Waals surface area contributed by atoms with Crippen LogP contribution >= 0.6 is 0 Å². The Bertz CT molecular complexity index is 430. The maximum absolute atomic E-state index is 6.06. The Balaban J connectivity index is 2.57. The minimum absolute atomic E-state index is 0.749. The Morgan fingerprint density at radius 3 is 1.75 bits per heavy atom. The number of methoxy groups -OCH3 is 3. The van der Waals surface area contributed by atoms with Crippen LogP contribution in [0.4, 0.5) is 0 Å². The van der Waals surface area contributed by atoms with Crippen molar-refractivity contribution in [3.63, 3.8) is 0 Å². The molecule has 0 bridgehead atoms. The summed E-state index contributed by atoms with van der Waals surface area (Å²) in [4.78, 5) is 0. The molecule has 0 N–H and O–H groups in total. The molecule has 20 heavy (non-hydrogen) atoms. The van der Waals surface area contributed by atoms with E-state index in [0.29, 0.717) is 0 Å². The second kappa shape index (κ2) is 6.50. The molecular weight excluding hydrogens is 272 g/mol. The molecule has 5 heteroatoms. The molecule has 1 fully saturated rings. The Hall–Kier alpha value is -1.20. The van der Waals surface area contributed by atoms with E-state index in [1.165, 1.54) is 19.3 Å². The normalized spacial score (nSPS) is 17.6. The molecule has 0 aliphatic carbocycles. The van der Waals surface area contributed by atoms with E-state index in [-0.39, 0.29) is 0 Å². The van der Waals surface area contributed by atoms with Gasteiger partial charge in [0, 0.05) is 19.2 Å². The maximum atomic E-state index is 6.06. The van der Waals surface area contributed by atoms with Crippen LogP contribution in [-0.4, -0.2) is 36.8 Å². The van der Waals surface area contributed by atoms with Gasteiger partial charge in [-0.2, -0.15) is 0 Å². The van der Waals surface area contributed by atoms with Gasteiger partial charge in [0.25, 0.3) is 0 Å². The molecule has 1 aromatic carbocycles. The van der Waals surface area contributed by atoms with Crippen molar-refractivity contribution in [1.82, 2.24) is 0 Å². The summed E-state index contributed by atoms with van der Waals surface area (Å²) in [6, 6.07) is 6.12.